The van der Waals surface area contributed by atoms with Crippen molar-refractivity contribution in [3.63, 3.8) is 0 Å². The minimum absolute atomic E-state index is 0.111. The van der Waals surface area contributed by atoms with Gasteiger partial charge in [0.15, 0.2) is 0 Å². The summed E-state index contributed by atoms with van der Waals surface area (Å²) in [5.74, 6) is -0.374. The Balaban J connectivity index is 2.47. The highest BCUT2D eigenvalue weighted by Crippen LogP contribution is 2.08. The van der Waals surface area contributed by atoms with Crippen LogP contribution in [0, 0.1) is 0 Å². The van der Waals surface area contributed by atoms with Crippen molar-refractivity contribution in [1.82, 2.24) is 10.3 Å². The second-order valence-corrected chi connectivity index (χ2v) is 3.03. The van der Waals surface area contributed by atoms with E-state index in [9.17, 15) is 4.79 Å². The van der Waals surface area contributed by atoms with Crippen LogP contribution < -0.4 is 5.32 Å². The maximum Gasteiger partial charge on any atom is 0.331 e. The summed E-state index contributed by atoms with van der Waals surface area (Å²) in [5, 5.41) is 3.04. The minimum atomic E-state index is -0.374. The summed E-state index contributed by atoms with van der Waals surface area (Å²) in [7, 11) is 1.34. The fraction of sp³-hybridized carbons (Fsp3) is 0.273. The number of methoxy groups -OCH3 is 1. The zero-order valence-corrected chi connectivity index (χ0v) is 8.81. The first-order valence-electron chi connectivity index (χ1n) is 4.64. The van der Waals surface area contributed by atoms with Gasteiger partial charge in [-0.3, -0.25) is 4.98 Å². The molecular formula is C11H14N2O2. The summed E-state index contributed by atoms with van der Waals surface area (Å²) in [5.41, 5.74) is 1.06. The predicted octanol–water partition coefficient (Wildman–Crippen LogP) is 1.42. The lowest BCUT2D eigenvalue weighted by atomic mass is 10.1. The number of ether oxygens (including phenoxy) is 1. The van der Waals surface area contributed by atoms with Crippen molar-refractivity contribution in [3.8, 4) is 0 Å². The Labute approximate surface area is 89.0 Å². The van der Waals surface area contributed by atoms with Gasteiger partial charge in [0.2, 0.25) is 0 Å². The van der Waals surface area contributed by atoms with Crippen molar-refractivity contribution in [3.05, 3.63) is 42.4 Å². The van der Waals surface area contributed by atoms with Crippen LogP contribution in [-0.4, -0.2) is 18.1 Å². The third-order valence-corrected chi connectivity index (χ3v) is 1.95. The molecule has 1 atom stereocenters. The van der Waals surface area contributed by atoms with E-state index in [-0.39, 0.29) is 12.0 Å². The maximum atomic E-state index is 10.8. The molecule has 1 heterocycles. The van der Waals surface area contributed by atoms with Crippen LogP contribution in [0.25, 0.3) is 0 Å². The summed E-state index contributed by atoms with van der Waals surface area (Å²) in [6.45, 7) is 1.98. The molecule has 80 valence electrons. The number of hydrogen-bond donors (Lipinski definition) is 1. The quantitative estimate of drug-likeness (QED) is 0.598. The number of esters is 1. The average Bonchev–Trinajstić information content (AvgIpc) is 2.29. The molecule has 1 rings (SSSR count). The monoisotopic (exact) mass is 206 g/mol. The summed E-state index contributed by atoms with van der Waals surface area (Å²) in [6, 6.07) is 3.95. The molecule has 15 heavy (non-hydrogen) atoms. The van der Waals surface area contributed by atoms with Crippen molar-refractivity contribution in [2.24, 2.45) is 0 Å². The van der Waals surface area contributed by atoms with E-state index >= 15 is 0 Å². The summed E-state index contributed by atoms with van der Waals surface area (Å²) in [6.07, 6.45) is 6.42. The van der Waals surface area contributed by atoms with Crippen molar-refractivity contribution in [1.29, 1.82) is 0 Å². The summed E-state index contributed by atoms with van der Waals surface area (Å²) >= 11 is 0. The minimum Gasteiger partial charge on any atom is -0.466 e. The largest absolute Gasteiger partial charge is 0.466 e. The van der Waals surface area contributed by atoms with E-state index < -0.39 is 0 Å². The highest BCUT2D eigenvalue weighted by atomic mass is 16.5. The molecule has 0 aromatic carbocycles. The topological polar surface area (TPSA) is 51.2 Å². The van der Waals surface area contributed by atoms with E-state index in [2.05, 4.69) is 15.0 Å². The van der Waals surface area contributed by atoms with E-state index in [4.69, 9.17) is 0 Å². The van der Waals surface area contributed by atoms with Gasteiger partial charge in [0.1, 0.15) is 0 Å². The highest BCUT2D eigenvalue weighted by Gasteiger charge is 2.01. The van der Waals surface area contributed by atoms with Gasteiger partial charge in [0.05, 0.1) is 7.11 Å². The van der Waals surface area contributed by atoms with Gasteiger partial charge in [-0.2, -0.15) is 0 Å². The van der Waals surface area contributed by atoms with Crippen molar-refractivity contribution in [2.75, 3.05) is 7.11 Å². The fourth-order valence-corrected chi connectivity index (χ4v) is 1.06. The van der Waals surface area contributed by atoms with Crippen LogP contribution in [-0.2, 0) is 9.53 Å². The molecule has 1 aromatic rings. The van der Waals surface area contributed by atoms with Gasteiger partial charge < -0.3 is 10.1 Å². The van der Waals surface area contributed by atoms with Crippen LogP contribution in [0.3, 0.4) is 0 Å². The van der Waals surface area contributed by atoms with Crippen molar-refractivity contribution in [2.45, 2.75) is 13.0 Å². The normalized spacial score (nSPS) is 12.4. The molecule has 0 aliphatic carbocycles. The predicted molar refractivity (Wildman–Crippen MR) is 56.9 cm³/mol. The van der Waals surface area contributed by atoms with E-state index in [1.54, 1.807) is 18.6 Å². The molecule has 0 radical (unpaired) electrons. The molecule has 0 spiro atoms. The molecule has 0 amide bonds. The SMILES string of the molecule is COC(=O)/C=C/NC(C)c1cccnc1. The number of hydrogen-bond acceptors (Lipinski definition) is 4. The number of pyridine rings is 1. The third-order valence-electron chi connectivity index (χ3n) is 1.95. The second-order valence-electron chi connectivity index (χ2n) is 3.03. The first-order valence-corrected chi connectivity index (χ1v) is 4.64. The molecule has 0 saturated heterocycles. The Bertz CT molecular complexity index is 336. The number of rotatable bonds is 4. The molecule has 1 N–H and O–H groups in total. The zero-order valence-electron chi connectivity index (χ0n) is 8.81. The first kappa shape index (κ1) is 11.2. The van der Waals surface area contributed by atoms with Crippen molar-refractivity contribution >= 4 is 5.97 Å². The third kappa shape index (κ3) is 3.81. The van der Waals surface area contributed by atoms with Crippen LogP contribution in [0.15, 0.2) is 36.8 Å². The maximum absolute atomic E-state index is 10.8. The Morgan fingerprint density at radius 1 is 1.67 bits per heavy atom. The fourth-order valence-electron chi connectivity index (χ4n) is 1.06. The Kier molecular flexibility index (Phi) is 4.34. The van der Waals surface area contributed by atoms with E-state index in [1.165, 1.54) is 13.2 Å². The molecule has 4 nitrogen and oxygen atoms in total. The molecule has 1 aromatic heterocycles. The molecule has 4 heteroatoms. The Morgan fingerprint density at radius 3 is 3.07 bits per heavy atom. The van der Waals surface area contributed by atoms with Gasteiger partial charge in [0.25, 0.3) is 0 Å². The van der Waals surface area contributed by atoms with Crippen LogP contribution in [0.4, 0.5) is 0 Å². The van der Waals surface area contributed by atoms with Crippen LogP contribution in [0.1, 0.15) is 18.5 Å². The summed E-state index contributed by atoms with van der Waals surface area (Å²) < 4.78 is 4.46. The van der Waals surface area contributed by atoms with E-state index in [0.29, 0.717) is 0 Å². The van der Waals surface area contributed by atoms with Crippen LogP contribution >= 0.6 is 0 Å². The van der Waals surface area contributed by atoms with Gasteiger partial charge in [0, 0.05) is 30.7 Å². The molecule has 0 aliphatic heterocycles. The Morgan fingerprint density at radius 2 is 2.47 bits per heavy atom. The molecule has 0 saturated carbocycles. The molecule has 1 unspecified atom stereocenters. The van der Waals surface area contributed by atoms with Gasteiger partial charge in [-0.25, -0.2) is 4.79 Å². The zero-order chi connectivity index (χ0) is 11.1. The lowest BCUT2D eigenvalue weighted by Crippen LogP contribution is -2.12. The average molecular weight is 206 g/mol. The molecule has 0 bridgehead atoms. The van der Waals surface area contributed by atoms with Crippen molar-refractivity contribution < 1.29 is 9.53 Å². The molecule has 0 aliphatic rings. The van der Waals surface area contributed by atoms with E-state index in [1.807, 2.05) is 19.1 Å². The number of nitrogens with zero attached hydrogens (tertiary/aromatic N) is 1. The van der Waals surface area contributed by atoms with Gasteiger partial charge >= 0.3 is 5.97 Å². The van der Waals surface area contributed by atoms with Gasteiger partial charge in [-0.15, -0.1) is 0 Å². The molecule has 0 fully saturated rings. The van der Waals surface area contributed by atoms with Crippen LogP contribution in [0.5, 0.6) is 0 Å². The summed E-state index contributed by atoms with van der Waals surface area (Å²) in [4.78, 5) is 14.8. The highest BCUT2D eigenvalue weighted by molar-refractivity contribution is 5.81. The number of carbonyl (C=O) groups excluding carboxylic acids is 1. The number of aromatic nitrogens is 1. The lowest BCUT2D eigenvalue weighted by Gasteiger charge is -2.10. The van der Waals surface area contributed by atoms with Gasteiger partial charge in [-0.05, 0) is 18.6 Å². The lowest BCUT2D eigenvalue weighted by molar-refractivity contribution is -0.134. The Hall–Kier alpha value is -1.84. The number of carbonyl (C=O) groups is 1. The standard InChI is InChI=1S/C11H14N2O2/c1-9(10-4-3-6-12-8-10)13-7-5-11(14)15-2/h3-9,13H,1-2H3/b7-5+. The van der Waals surface area contributed by atoms with Crippen LogP contribution in [0.2, 0.25) is 0 Å². The first-order chi connectivity index (χ1) is 7.24. The van der Waals surface area contributed by atoms with Gasteiger partial charge in [-0.1, -0.05) is 6.07 Å². The molecular weight excluding hydrogens is 192 g/mol. The van der Waals surface area contributed by atoms with E-state index in [0.717, 1.165) is 5.56 Å². The smallest absolute Gasteiger partial charge is 0.331 e. The number of nitrogens with one attached hydrogen (secondary N) is 1. The second kappa shape index (κ2) is 5.80.